The molecule has 1 rings (SSSR count). The van der Waals surface area contributed by atoms with Crippen molar-refractivity contribution >= 4 is 17.3 Å². The highest BCUT2D eigenvalue weighted by atomic mass is 16.5. The molecule has 0 fully saturated rings. The van der Waals surface area contributed by atoms with E-state index < -0.39 is 0 Å². The van der Waals surface area contributed by atoms with Gasteiger partial charge in [-0.25, -0.2) is 0 Å². The van der Waals surface area contributed by atoms with Gasteiger partial charge in [-0.3, -0.25) is 4.79 Å². The predicted octanol–water partition coefficient (Wildman–Crippen LogP) is 2.50. The van der Waals surface area contributed by atoms with Crippen LogP contribution in [0.5, 0.6) is 5.75 Å². The van der Waals surface area contributed by atoms with Crippen molar-refractivity contribution in [1.82, 2.24) is 0 Å². The summed E-state index contributed by atoms with van der Waals surface area (Å²) in [5.41, 5.74) is 1.75. The minimum Gasteiger partial charge on any atom is -0.495 e. The lowest BCUT2D eigenvalue weighted by atomic mass is 10.2. The molecule has 0 atom stereocenters. The maximum absolute atomic E-state index is 11.6. The van der Waals surface area contributed by atoms with Gasteiger partial charge in [-0.05, 0) is 24.6 Å². The first-order chi connectivity index (χ1) is 8.08. The van der Waals surface area contributed by atoms with Crippen molar-refractivity contribution < 1.29 is 9.53 Å². The zero-order valence-corrected chi connectivity index (χ0v) is 10.9. The highest BCUT2D eigenvalue weighted by molar-refractivity contribution is 5.92. The molecule has 1 aromatic rings. The van der Waals surface area contributed by atoms with Gasteiger partial charge in [-0.15, -0.1) is 0 Å². The SMILES string of the molecule is CCCC(=O)Nc1cc(N(C)C)ccc1OC. The van der Waals surface area contributed by atoms with Crippen molar-refractivity contribution in [2.75, 3.05) is 31.4 Å². The molecule has 0 radical (unpaired) electrons. The Labute approximate surface area is 103 Å². The molecule has 94 valence electrons. The molecule has 1 aromatic carbocycles. The molecule has 0 aliphatic rings. The van der Waals surface area contributed by atoms with Gasteiger partial charge >= 0.3 is 0 Å². The second-order valence-electron chi connectivity index (χ2n) is 4.08. The molecule has 0 aliphatic heterocycles. The van der Waals surface area contributed by atoms with E-state index in [0.29, 0.717) is 12.2 Å². The number of methoxy groups -OCH3 is 1. The van der Waals surface area contributed by atoms with Crippen molar-refractivity contribution in [3.63, 3.8) is 0 Å². The van der Waals surface area contributed by atoms with Crippen LogP contribution < -0.4 is 15.0 Å². The average molecular weight is 236 g/mol. The van der Waals surface area contributed by atoms with Gasteiger partial charge in [0.15, 0.2) is 0 Å². The Morgan fingerprint density at radius 1 is 1.41 bits per heavy atom. The van der Waals surface area contributed by atoms with Crippen LogP contribution >= 0.6 is 0 Å². The third kappa shape index (κ3) is 3.66. The minimum atomic E-state index is 0.0155. The zero-order chi connectivity index (χ0) is 12.8. The van der Waals surface area contributed by atoms with Gasteiger partial charge in [0.25, 0.3) is 0 Å². The number of nitrogens with one attached hydrogen (secondary N) is 1. The van der Waals surface area contributed by atoms with E-state index in [-0.39, 0.29) is 5.91 Å². The predicted molar refractivity (Wildman–Crippen MR) is 70.9 cm³/mol. The molecule has 0 spiro atoms. The van der Waals surface area contributed by atoms with Crippen molar-refractivity contribution in [2.45, 2.75) is 19.8 Å². The van der Waals surface area contributed by atoms with Gasteiger partial charge in [0.1, 0.15) is 5.75 Å². The molecule has 0 aliphatic carbocycles. The summed E-state index contributed by atoms with van der Waals surface area (Å²) in [4.78, 5) is 13.6. The largest absolute Gasteiger partial charge is 0.495 e. The van der Waals surface area contributed by atoms with E-state index in [1.807, 2.05) is 44.1 Å². The molecule has 4 heteroatoms. The van der Waals surface area contributed by atoms with Crippen LogP contribution in [0.3, 0.4) is 0 Å². The molecule has 0 aromatic heterocycles. The number of nitrogens with zero attached hydrogens (tertiary/aromatic N) is 1. The number of amides is 1. The maximum Gasteiger partial charge on any atom is 0.224 e. The average Bonchev–Trinajstić information content (AvgIpc) is 2.29. The summed E-state index contributed by atoms with van der Waals surface area (Å²) in [6.07, 6.45) is 1.36. The van der Waals surface area contributed by atoms with Gasteiger partial charge in [0.2, 0.25) is 5.91 Å². The Kier molecular flexibility index (Phi) is 4.82. The van der Waals surface area contributed by atoms with Crippen molar-refractivity contribution in [1.29, 1.82) is 0 Å². The van der Waals surface area contributed by atoms with E-state index in [4.69, 9.17) is 4.74 Å². The first kappa shape index (κ1) is 13.4. The van der Waals surface area contributed by atoms with Gasteiger partial charge < -0.3 is 15.0 Å². The Morgan fingerprint density at radius 2 is 2.12 bits per heavy atom. The lowest BCUT2D eigenvalue weighted by Crippen LogP contribution is -2.13. The van der Waals surface area contributed by atoms with Gasteiger partial charge in [0, 0.05) is 26.2 Å². The fourth-order valence-electron chi connectivity index (χ4n) is 1.51. The normalized spacial score (nSPS) is 9.88. The summed E-state index contributed by atoms with van der Waals surface area (Å²) in [5, 5.41) is 2.87. The third-order valence-electron chi connectivity index (χ3n) is 2.45. The lowest BCUT2D eigenvalue weighted by molar-refractivity contribution is -0.116. The molecule has 0 saturated heterocycles. The van der Waals surface area contributed by atoms with E-state index in [0.717, 1.165) is 17.8 Å². The lowest BCUT2D eigenvalue weighted by Gasteiger charge is -2.16. The highest BCUT2D eigenvalue weighted by Gasteiger charge is 2.08. The summed E-state index contributed by atoms with van der Waals surface area (Å²) in [6.45, 7) is 1.98. The highest BCUT2D eigenvalue weighted by Crippen LogP contribution is 2.29. The molecule has 1 N–H and O–H groups in total. The van der Waals surface area contributed by atoms with Crippen LogP contribution in [-0.4, -0.2) is 27.1 Å². The fourth-order valence-corrected chi connectivity index (χ4v) is 1.51. The summed E-state index contributed by atoms with van der Waals surface area (Å²) >= 11 is 0. The first-order valence-electron chi connectivity index (χ1n) is 5.73. The zero-order valence-electron chi connectivity index (χ0n) is 10.9. The van der Waals surface area contributed by atoms with Gasteiger partial charge in [0.05, 0.1) is 12.8 Å². The molecule has 1 amide bonds. The van der Waals surface area contributed by atoms with Crippen molar-refractivity contribution in [3.8, 4) is 5.75 Å². The fraction of sp³-hybridized carbons (Fsp3) is 0.462. The second-order valence-corrected chi connectivity index (χ2v) is 4.08. The van der Waals surface area contributed by atoms with Crippen LogP contribution in [-0.2, 0) is 4.79 Å². The third-order valence-corrected chi connectivity index (χ3v) is 2.45. The van der Waals surface area contributed by atoms with Crippen LogP contribution in [0.4, 0.5) is 11.4 Å². The van der Waals surface area contributed by atoms with Crippen molar-refractivity contribution in [3.05, 3.63) is 18.2 Å². The van der Waals surface area contributed by atoms with Crippen LogP contribution in [0.1, 0.15) is 19.8 Å². The monoisotopic (exact) mass is 236 g/mol. The number of hydrogen-bond acceptors (Lipinski definition) is 3. The molecular weight excluding hydrogens is 216 g/mol. The van der Waals surface area contributed by atoms with Gasteiger partial charge in [-0.2, -0.15) is 0 Å². The number of carbonyl (C=O) groups excluding carboxylic acids is 1. The topological polar surface area (TPSA) is 41.6 Å². The summed E-state index contributed by atoms with van der Waals surface area (Å²) in [5.74, 6) is 0.696. The Balaban J connectivity index is 2.93. The summed E-state index contributed by atoms with van der Waals surface area (Å²) in [6, 6.07) is 5.72. The van der Waals surface area contributed by atoms with E-state index in [9.17, 15) is 4.79 Å². The quantitative estimate of drug-likeness (QED) is 0.854. The smallest absolute Gasteiger partial charge is 0.224 e. The summed E-state index contributed by atoms with van der Waals surface area (Å²) in [7, 11) is 5.51. The van der Waals surface area contributed by atoms with Crippen LogP contribution in [0.2, 0.25) is 0 Å². The van der Waals surface area contributed by atoms with Gasteiger partial charge in [-0.1, -0.05) is 6.92 Å². The first-order valence-corrected chi connectivity index (χ1v) is 5.73. The second kappa shape index (κ2) is 6.13. The Hall–Kier alpha value is -1.71. The Morgan fingerprint density at radius 3 is 2.65 bits per heavy atom. The number of carbonyl (C=O) groups is 1. The molecule has 17 heavy (non-hydrogen) atoms. The Bertz CT molecular complexity index is 389. The van der Waals surface area contributed by atoms with E-state index in [1.54, 1.807) is 7.11 Å². The minimum absolute atomic E-state index is 0.0155. The van der Waals surface area contributed by atoms with Crippen molar-refractivity contribution in [2.24, 2.45) is 0 Å². The molecular formula is C13H20N2O2. The van der Waals surface area contributed by atoms with E-state index in [1.165, 1.54) is 0 Å². The number of rotatable bonds is 5. The number of benzene rings is 1. The van der Waals surface area contributed by atoms with Crippen LogP contribution in [0.25, 0.3) is 0 Å². The standard InChI is InChI=1S/C13H20N2O2/c1-5-6-13(16)14-11-9-10(15(2)3)7-8-12(11)17-4/h7-9H,5-6H2,1-4H3,(H,14,16). The van der Waals surface area contributed by atoms with Crippen LogP contribution in [0, 0.1) is 0 Å². The molecule has 0 saturated carbocycles. The number of ether oxygens (including phenoxy) is 1. The maximum atomic E-state index is 11.6. The number of hydrogen-bond donors (Lipinski definition) is 1. The molecule has 0 heterocycles. The van der Waals surface area contributed by atoms with E-state index in [2.05, 4.69) is 5.32 Å². The molecule has 0 bridgehead atoms. The molecule has 4 nitrogen and oxygen atoms in total. The van der Waals surface area contributed by atoms with Crippen LogP contribution in [0.15, 0.2) is 18.2 Å². The summed E-state index contributed by atoms with van der Waals surface area (Å²) < 4.78 is 5.23. The number of anilines is 2. The van der Waals surface area contributed by atoms with E-state index >= 15 is 0 Å². The molecule has 0 unspecified atom stereocenters.